The topological polar surface area (TPSA) is 106 Å². The lowest BCUT2D eigenvalue weighted by Crippen LogP contribution is -2.32. The van der Waals surface area contributed by atoms with Crippen LogP contribution in [-0.2, 0) is 11.2 Å². The highest BCUT2D eigenvalue weighted by Gasteiger charge is 2.12. The number of nitrogens with zero attached hydrogens (tertiary/aromatic N) is 2. The summed E-state index contributed by atoms with van der Waals surface area (Å²) in [5.41, 5.74) is 0.488. The summed E-state index contributed by atoms with van der Waals surface area (Å²) in [5.74, 6) is 1.27. The summed E-state index contributed by atoms with van der Waals surface area (Å²) in [6.07, 6.45) is 2.90. The van der Waals surface area contributed by atoms with Crippen molar-refractivity contribution in [2.24, 2.45) is 0 Å². The lowest BCUT2D eigenvalue weighted by molar-refractivity contribution is -0.121. The van der Waals surface area contributed by atoms with Crippen LogP contribution in [0, 0.1) is 0 Å². The molecule has 2 rings (SSSR count). The van der Waals surface area contributed by atoms with E-state index in [1.165, 1.54) is 7.11 Å². The third-order valence-corrected chi connectivity index (χ3v) is 4.17. The number of carbonyl (C=O) groups excluding carboxylic acids is 1. The number of rotatable bonds is 10. The van der Waals surface area contributed by atoms with E-state index in [-0.39, 0.29) is 36.0 Å². The number of ether oxygens (including phenoxy) is 2. The van der Waals surface area contributed by atoms with Gasteiger partial charge < -0.3 is 19.8 Å². The minimum absolute atomic E-state index is 0.104. The second kappa shape index (κ2) is 10.2. The minimum Gasteiger partial charge on any atom is -0.493 e. The van der Waals surface area contributed by atoms with Gasteiger partial charge in [-0.2, -0.15) is 0 Å². The quantitative estimate of drug-likeness (QED) is 0.607. The molecule has 1 atom stereocenters. The number of aromatic nitrogens is 3. The van der Waals surface area contributed by atoms with Crippen LogP contribution in [0.1, 0.15) is 32.4 Å². The maximum atomic E-state index is 12.3. The fourth-order valence-electron chi connectivity index (χ4n) is 2.42. The molecule has 2 N–H and O–H groups in total. The third-order valence-electron chi connectivity index (χ3n) is 4.17. The van der Waals surface area contributed by atoms with Gasteiger partial charge in [-0.25, -0.2) is 0 Å². The van der Waals surface area contributed by atoms with Crippen molar-refractivity contribution >= 4 is 5.91 Å². The zero-order valence-electron chi connectivity index (χ0n) is 16.4. The van der Waals surface area contributed by atoms with Gasteiger partial charge in [0.15, 0.2) is 17.3 Å². The first kappa shape index (κ1) is 21.1. The number of benzene rings is 1. The van der Waals surface area contributed by atoms with Crippen molar-refractivity contribution in [2.75, 3.05) is 13.7 Å². The number of nitrogens with one attached hydrogen (secondary N) is 2. The number of methoxy groups -OCH3 is 1. The van der Waals surface area contributed by atoms with Crippen molar-refractivity contribution in [3.8, 4) is 22.9 Å². The number of hydrogen-bond donors (Lipinski definition) is 2. The number of hydrogen-bond acceptors (Lipinski definition) is 6. The van der Waals surface area contributed by atoms with Crippen molar-refractivity contribution in [1.29, 1.82) is 0 Å². The number of carbonyl (C=O) groups is 1. The minimum atomic E-state index is -0.368. The molecule has 28 heavy (non-hydrogen) atoms. The van der Waals surface area contributed by atoms with Crippen LogP contribution < -0.4 is 20.3 Å². The highest BCUT2D eigenvalue weighted by atomic mass is 16.5. The van der Waals surface area contributed by atoms with Gasteiger partial charge >= 0.3 is 0 Å². The van der Waals surface area contributed by atoms with Gasteiger partial charge in [-0.1, -0.05) is 19.6 Å². The molecule has 0 saturated heterocycles. The van der Waals surface area contributed by atoms with E-state index in [2.05, 4.69) is 27.1 Å². The van der Waals surface area contributed by atoms with Gasteiger partial charge in [0.25, 0.3) is 5.56 Å². The van der Waals surface area contributed by atoms with Crippen LogP contribution in [0.4, 0.5) is 0 Å². The Morgan fingerprint density at radius 1 is 1.36 bits per heavy atom. The van der Waals surface area contributed by atoms with Gasteiger partial charge in [0.05, 0.1) is 7.11 Å². The molecule has 0 unspecified atom stereocenters. The number of aryl methyl sites for hydroxylation is 1. The molecule has 0 fully saturated rings. The SMILES string of the molecule is C=CCOc1ccc(-c2nnc(CCC(=O)N[C@@H](C)CC)c(=O)[nH]2)cc1OC. The van der Waals surface area contributed by atoms with E-state index >= 15 is 0 Å². The number of H-pyrrole nitrogens is 1. The largest absolute Gasteiger partial charge is 0.493 e. The van der Waals surface area contributed by atoms with Crippen LogP contribution in [-0.4, -0.2) is 40.8 Å². The Bertz CT molecular complexity index is 879. The van der Waals surface area contributed by atoms with Crippen LogP contribution in [0.3, 0.4) is 0 Å². The molecule has 0 spiro atoms. The summed E-state index contributed by atoms with van der Waals surface area (Å²) in [6.45, 7) is 7.89. The predicted molar refractivity (Wildman–Crippen MR) is 107 cm³/mol. The Hall–Kier alpha value is -3.16. The molecule has 0 aliphatic heterocycles. The first-order valence-corrected chi connectivity index (χ1v) is 9.15. The first-order chi connectivity index (χ1) is 13.5. The monoisotopic (exact) mass is 386 g/mol. The summed E-state index contributed by atoms with van der Waals surface area (Å²) >= 11 is 0. The zero-order valence-corrected chi connectivity index (χ0v) is 16.4. The molecule has 0 aliphatic carbocycles. The fourth-order valence-corrected chi connectivity index (χ4v) is 2.42. The Kier molecular flexibility index (Phi) is 7.74. The summed E-state index contributed by atoms with van der Waals surface area (Å²) in [4.78, 5) is 26.9. The van der Waals surface area contributed by atoms with E-state index in [0.717, 1.165) is 6.42 Å². The van der Waals surface area contributed by atoms with E-state index < -0.39 is 0 Å². The number of aromatic amines is 1. The van der Waals surface area contributed by atoms with Crippen molar-refractivity contribution in [3.63, 3.8) is 0 Å². The molecule has 150 valence electrons. The zero-order chi connectivity index (χ0) is 20.5. The molecule has 2 aromatic rings. The molecule has 0 aliphatic rings. The van der Waals surface area contributed by atoms with Crippen LogP contribution in [0.15, 0.2) is 35.6 Å². The van der Waals surface area contributed by atoms with Crippen LogP contribution in [0.5, 0.6) is 11.5 Å². The van der Waals surface area contributed by atoms with Gasteiger partial charge in [0, 0.05) is 24.4 Å². The fraction of sp³-hybridized carbons (Fsp3) is 0.400. The smallest absolute Gasteiger partial charge is 0.273 e. The Labute approximate surface area is 164 Å². The van der Waals surface area contributed by atoms with E-state index in [1.807, 2.05) is 13.8 Å². The summed E-state index contributed by atoms with van der Waals surface area (Å²) in [7, 11) is 1.53. The lowest BCUT2D eigenvalue weighted by atomic mass is 10.2. The molecule has 1 aromatic carbocycles. The molecule has 1 aromatic heterocycles. The Morgan fingerprint density at radius 3 is 2.79 bits per heavy atom. The van der Waals surface area contributed by atoms with Gasteiger partial charge in [0.1, 0.15) is 12.3 Å². The van der Waals surface area contributed by atoms with E-state index in [0.29, 0.717) is 29.5 Å². The molecule has 1 amide bonds. The van der Waals surface area contributed by atoms with Crippen LogP contribution in [0.2, 0.25) is 0 Å². The van der Waals surface area contributed by atoms with E-state index in [1.54, 1.807) is 24.3 Å². The van der Waals surface area contributed by atoms with E-state index in [4.69, 9.17) is 9.47 Å². The second-order valence-electron chi connectivity index (χ2n) is 6.29. The van der Waals surface area contributed by atoms with Crippen molar-refractivity contribution < 1.29 is 14.3 Å². The molecular formula is C20H26N4O4. The molecule has 0 saturated carbocycles. The maximum Gasteiger partial charge on any atom is 0.273 e. The standard InChI is InChI=1S/C20H26N4O4/c1-5-11-28-16-9-7-14(12-17(16)27-4)19-22-20(26)15(23-24-19)8-10-18(25)21-13(3)6-2/h5,7,9,12-13H,1,6,8,10-11H2,2-4H3,(H,21,25)(H,22,24,26)/t13-/m0/s1. The Morgan fingerprint density at radius 2 is 2.14 bits per heavy atom. The summed E-state index contributed by atoms with van der Waals surface area (Å²) in [5, 5.41) is 10.9. The average Bonchev–Trinajstić information content (AvgIpc) is 2.70. The number of amides is 1. The summed E-state index contributed by atoms with van der Waals surface area (Å²) in [6, 6.07) is 5.29. The molecule has 8 nitrogen and oxygen atoms in total. The van der Waals surface area contributed by atoms with Gasteiger partial charge in [-0.3, -0.25) is 9.59 Å². The van der Waals surface area contributed by atoms with Crippen molar-refractivity contribution in [3.05, 3.63) is 46.9 Å². The van der Waals surface area contributed by atoms with Crippen molar-refractivity contribution in [1.82, 2.24) is 20.5 Å². The summed E-state index contributed by atoms with van der Waals surface area (Å²) < 4.78 is 10.8. The third kappa shape index (κ3) is 5.67. The second-order valence-corrected chi connectivity index (χ2v) is 6.29. The normalized spacial score (nSPS) is 11.5. The van der Waals surface area contributed by atoms with Crippen molar-refractivity contribution in [2.45, 2.75) is 39.2 Å². The lowest BCUT2D eigenvalue weighted by Gasteiger charge is -2.11. The van der Waals surface area contributed by atoms with Gasteiger partial charge in [-0.05, 0) is 31.5 Å². The average molecular weight is 386 g/mol. The maximum absolute atomic E-state index is 12.3. The Balaban J connectivity index is 2.12. The highest BCUT2D eigenvalue weighted by Crippen LogP contribution is 2.31. The molecule has 0 radical (unpaired) electrons. The molecule has 1 heterocycles. The highest BCUT2D eigenvalue weighted by molar-refractivity contribution is 5.76. The van der Waals surface area contributed by atoms with Crippen LogP contribution in [0.25, 0.3) is 11.4 Å². The molecule has 8 heteroatoms. The first-order valence-electron chi connectivity index (χ1n) is 9.15. The van der Waals surface area contributed by atoms with Crippen LogP contribution >= 0.6 is 0 Å². The molecule has 0 bridgehead atoms. The van der Waals surface area contributed by atoms with Gasteiger partial charge in [0.2, 0.25) is 5.91 Å². The van der Waals surface area contributed by atoms with Gasteiger partial charge in [-0.15, -0.1) is 10.2 Å². The van der Waals surface area contributed by atoms with E-state index in [9.17, 15) is 9.59 Å². The molecular weight excluding hydrogens is 360 g/mol. The predicted octanol–water partition coefficient (Wildman–Crippen LogP) is 2.25.